The van der Waals surface area contributed by atoms with Gasteiger partial charge in [0.25, 0.3) is 0 Å². The molecule has 0 radical (unpaired) electrons. The molecule has 0 fully saturated rings. The van der Waals surface area contributed by atoms with Gasteiger partial charge < -0.3 is 15.4 Å². The number of nitrogens with one attached hydrogen (secondary N) is 2. The van der Waals surface area contributed by atoms with E-state index in [1.165, 1.54) is 0 Å². The standard InChI is InChI=1S/C21H28N2O2/c1-17(2)12-14-22-15-13-21(24)23-19-8-10-20(11-9-19)25-16-18-6-4-3-5-7-18/h3-11,17,22H,12-16H2,1-2H3,(H,23,24). The minimum Gasteiger partial charge on any atom is -0.489 e. The fraction of sp³-hybridized carbons (Fsp3) is 0.381. The van der Waals surface area contributed by atoms with Crippen molar-refractivity contribution in [3.05, 3.63) is 60.2 Å². The fourth-order valence-electron chi connectivity index (χ4n) is 2.32. The van der Waals surface area contributed by atoms with Crippen LogP contribution in [0.5, 0.6) is 5.75 Å². The van der Waals surface area contributed by atoms with Crippen molar-refractivity contribution in [3.63, 3.8) is 0 Å². The summed E-state index contributed by atoms with van der Waals surface area (Å²) >= 11 is 0. The summed E-state index contributed by atoms with van der Waals surface area (Å²) in [6.45, 7) is 6.59. The van der Waals surface area contributed by atoms with E-state index in [0.29, 0.717) is 25.5 Å². The number of ether oxygens (including phenoxy) is 1. The molecule has 2 rings (SSSR count). The molecule has 0 saturated heterocycles. The van der Waals surface area contributed by atoms with Crippen LogP contribution in [0.3, 0.4) is 0 Å². The summed E-state index contributed by atoms with van der Waals surface area (Å²) in [5.74, 6) is 1.50. The van der Waals surface area contributed by atoms with Crippen LogP contribution in [0.15, 0.2) is 54.6 Å². The van der Waals surface area contributed by atoms with Gasteiger partial charge in [-0.15, -0.1) is 0 Å². The average molecular weight is 340 g/mol. The SMILES string of the molecule is CC(C)CCNCCC(=O)Nc1ccc(OCc2ccccc2)cc1. The van der Waals surface area contributed by atoms with Gasteiger partial charge in [-0.2, -0.15) is 0 Å². The minimum absolute atomic E-state index is 0.0231. The number of carbonyl (C=O) groups is 1. The lowest BCUT2D eigenvalue weighted by atomic mass is 10.1. The molecule has 0 unspecified atom stereocenters. The Morgan fingerprint density at radius 1 is 1.00 bits per heavy atom. The summed E-state index contributed by atoms with van der Waals surface area (Å²) in [6, 6.07) is 17.5. The van der Waals surface area contributed by atoms with Gasteiger partial charge >= 0.3 is 0 Å². The predicted octanol–water partition coefficient (Wildman–Crippen LogP) is 4.23. The Labute approximate surface area is 150 Å². The topological polar surface area (TPSA) is 50.4 Å². The van der Waals surface area contributed by atoms with Gasteiger partial charge in [0, 0.05) is 18.7 Å². The molecule has 0 atom stereocenters. The Morgan fingerprint density at radius 2 is 1.72 bits per heavy atom. The van der Waals surface area contributed by atoms with Crippen LogP contribution in [0.4, 0.5) is 5.69 Å². The molecule has 1 amide bonds. The maximum Gasteiger partial charge on any atom is 0.225 e. The van der Waals surface area contributed by atoms with E-state index in [9.17, 15) is 4.79 Å². The molecule has 4 nitrogen and oxygen atoms in total. The fourth-order valence-corrected chi connectivity index (χ4v) is 2.32. The van der Waals surface area contributed by atoms with Crippen molar-refractivity contribution in [3.8, 4) is 5.75 Å². The first-order valence-corrected chi connectivity index (χ1v) is 8.91. The highest BCUT2D eigenvalue weighted by Gasteiger charge is 2.03. The van der Waals surface area contributed by atoms with Crippen molar-refractivity contribution in [1.82, 2.24) is 5.32 Å². The molecule has 0 aliphatic heterocycles. The number of anilines is 1. The van der Waals surface area contributed by atoms with E-state index in [2.05, 4.69) is 24.5 Å². The molecule has 2 aromatic carbocycles. The summed E-state index contributed by atoms with van der Waals surface area (Å²) in [7, 11) is 0. The first-order valence-electron chi connectivity index (χ1n) is 8.91. The van der Waals surface area contributed by atoms with Gasteiger partial charge in [0.2, 0.25) is 5.91 Å². The largest absolute Gasteiger partial charge is 0.489 e. The van der Waals surface area contributed by atoms with Crippen LogP contribution in [-0.2, 0) is 11.4 Å². The number of carbonyl (C=O) groups excluding carboxylic acids is 1. The van der Waals surface area contributed by atoms with Crippen molar-refractivity contribution in [1.29, 1.82) is 0 Å². The third-order valence-corrected chi connectivity index (χ3v) is 3.81. The van der Waals surface area contributed by atoms with Crippen LogP contribution in [0.2, 0.25) is 0 Å². The zero-order chi connectivity index (χ0) is 17.9. The van der Waals surface area contributed by atoms with Crippen molar-refractivity contribution in [2.45, 2.75) is 33.3 Å². The number of amides is 1. The van der Waals surface area contributed by atoms with Gasteiger partial charge in [-0.05, 0) is 48.7 Å². The molecule has 0 heterocycles. The summed E-state index contributed by atoms with van der Waals surface area (Å²) in [6.07, 6.45) is 1.61. The maximum absolute atomic E-state index is 11.9. The predicted molar refractivity (Wildman–Crippen MR) is 103 cm³/mol. The summed E-state index contributed by atoms with van der Waals surface area (Å²) < 4.78 is 5.74. The average Bonchev–Trinajstić information content (AvgIpc) is 2.61. The number of hydrogen-bond donors (Lipinski definition) is 2. The molecule has 4 heteroatoms. The van der Waals surface area contributed by atoms with Crippen LogP contribution >= 0.6 is 0 Å². The van der Waals surface area contributed by atoms with Crippen LogP contribution in [0.1, 0.15) is 32.3 Å². The first kappa shape index (κ1) is 19.0. The van der Waals surface area contributed by atoms with Crippen molar-refractivity contribution >= 4 is 11.6 Å². The molecular weight excluding hydrogens is 312 g/mol. The quantitative estimate of drug-likeness (QED) is 0.636. The highest BCUT2D eigenvalue weighted by molar-refractivity contribution is 5.90. The third-order valence-electron chi connectivity index (χ3n) is 3.81. The maximum atomic E-state index is 11.9. The second kappa shape index (κ2) is 10.5. The normalized spacial score (nSPS) is 10.7. The van der Waals surface area contributed by atoms with Crippen LogP contribution in [-0.4, -0.2) is 19.0 Å². The van der Waals surface area contributed by atoms with Crippen LogP contribution < -0.4 is 15.4 Å². The van der Waals surface area contributed by atoms with Crippen molar-refractivity contribution in [2.75, 3.05) is 18.4 Å². The smallest absolute Gasteiger partial charge is 0.225 e. The van der Waals surface area contributed by atoms with Crippen LogP contribution in [0.25, 0.3) is 0 Å². The minimum atomic E-state index is 0.0231. The van der Waals surface area contributed by atoms with Gasteiger partial charge in [-0.1, -0.05) is 44.2 Å². The Hall–Kier alpha value is -2.33. The molecule has 25 heavy (non-hydrogen) atoms. The van der Waals surface area contributed by atoms with Gasteiger partial charge in [-0.3, -0.25) is 4.79 Å². The molecule has 0 bridgehead atoms. The second-order valence-electron chi connectivity index (χ2n) is 6.53. The zero-order valence-electron chi connectivity index (χ0n) is 15.1. The molecule has 134 valence electrons. The van der Waals surface area contributed by atoms with E-state index in [1.54, 1.807) is 0 Å². The zero-order valence-corrected chi connectivity index (χ0v) is 15.1. The molecular formula is C21H28N2O2. The highest BCUT2D eigenvalue weighted by Crippen LogP contribution is 2.17. The molecule has 0 aromatic heterocycles. The lowest BCUT2D eigenvalue weighted by molar-refractivity contribution is -0.116. The third kappa shape index (κ3) is 7.86. The van der Waals surface area contributed by atoms with E-state index in [-0.39, 0.29) is 5.91 Å². The van der Waals surface area contributed by atoms with E-state index >= 15 is 0 Å². The van der Waals surface area contributed by atoms with Gasteiger partial charge in [0.1, 0.15) is 12.4 Å². The van der Waals surface area contributed by atoms with E-state index in [4.69, 9.17) is 4.74 Å². The van der Waals surface area contributed by atoms with Gasteiger partial charge in [0.15, 0.2) is 0 Å². The Balaban J connectivity index is 1.68. The monoisotopic (exact) mass is 340 g/mol. The number of benzene rings is 2. The second-order valence-corrected chi connectivity index (χ2v) is 6.53. The summed E-state index contributed by atoms with van der Waals surface area (Å²) in [4.78, 5) is 11.9. The molecule has 2 N–H and O–H groups in total. The van der Waals surface area contributed by atoms with E-state index in [0.717, 1.165) is 30.0 Å². The first-order chi connectivity index (χ1) is 12.1. The van der Waals surface area contributed by atoms with Gasteiger partial charge in [0.05, 0.1) is 0 Å². The van der Waals surface area contributed by atoms with E-state index in [1.807, 2.05) is 54.6 Å². The van der Waals surface area contributed by atoms with Crippen molar-refractivity contribution < 1.29 is 9.53 Å². The Morgan fingerprint density at radius 3 is 2.40 bits per heavy atom. The molecule has 0 spiro atoms. The van der Waals surface area contributed by atoms with E-state index < -0.39 is 0 Å². The molecule has 0 aliphatic carbocycles. The number of rotatable bonds is 10. The summed E-state index contributed by atoms with van der Waals surface area (Å²) in [5, 5.41) is 6.20. The molecule has 0 saturated carbocycles. The lowest BCUT2D eigenvalue weighted by Gasteiger charge is -2.09. The van der Waals surface area contributed by atoms with Gasteiger partial charge in [-0.25, -0.2) is 0 Å². The summed E-state index contributed by atoms with van der Waals surface area (Å²) in [5.41, 5.74) is 1.92. The molecule has 0 aliphatic rings. The van der Waals surface area contributed by atoms with Crippen LogP contribution in [0, 0.1) is 5.92 Å². The Bertz CT molecular complexity index is 624. The highest BCUT2D eigenvalue weighted by atomic mass is 16.5. The number of hydrogen-bond acceptors (Lipinski definition) is 3. The molecule has 2 aromatic rings. The lowest BCUT2D eigenvalue weighted by Crippen LogP contribution is -2.23. The Kier molecular flexibility index (Phi) is 7.99. The van der Waals surface area contributed by atoms with Crippen molar-refractivity contribution in [2.24, 2.45) is 5.92 Å².